The van der Waals surface area contributed by atoms with E-state index in [4.69, 9.17) is 10.7 Å². The Morgan fingerprint density at radius 3 is 2.58 bits per heavy atom. The van der Waals surface area contributed by atoms with Gasteiger partial charge < -0.3 is 5.73 Å². The fourth-order valence-corrected chi connectivity index (χ4v) is 3.91. The van der Waals surface area contributed by atoms with Gasteiger partial charge in [-0.05, 0) is 31.2 Å². The summed E-state index contributed by atoms with van der Waals surface area (Å²) >= 11 is 3.50. The van der Waals surface area contributed by atoms with E-state index in [0.29, 0.717) is 0 Å². The first-order valence-corrected chi connectivity index (χ1v) is 8.68. The van der Waals surface area contributed by atoms with Crippen molar-refractivity contribution in [3.8, 4) is 10.6 Å². The smallest absolute Gasteiger partial charge is 0.123 e. The number of hydrogen-bond donors (Lipinski definition) is 1. The van der Waals surface area contributed by atoms with Crippen LogP contribution in [0.3, 0.4) is 0 Å². The van der Waals surface area contributed by atoms with Crippen LogP contribution in [0.15, 0.2) is 34.5 Å². The highest BCUT2D eigenvalue weighted by Crippen LogP contribution is 2.43. The first-order valence-electron chi connectivity index (χ1n) is 6.58. The third-order valence-corrected chi connectivity index (χ3v) is 5.72. The summed E-state index contributed by atoms with van der Waals surface area (Å²) in [7, 11) is 0. The van der Waals surface area contributed by atoms with Crippen LogP contribution in [0.4, 0.5) is 0 Å². The summed E-state index contributed by atoms with van der Waals surface area (Å²) < 4.78 is 0. The number of thiazole rings is 1. The third-order valence-electron chi connectivity index (χ3n) is 4.09. The molecule has 0 unspecified atom stereocenters. The van der Waals surface area contributed by atoms with E-state index < -0.39 is 0 Å². The van der Waals surface area contributed by atoms with E-state index in [9.17, 15) is 0 Å². The highest BCUT2D eigenvalue weighted by Gasteiger charge is 2.39. The molecule has 0 spiro atoms. The average Bonchev–Trinajstić information content (AvgIpc) is 2.88. The normalized spacial score (nSPS) is 17.2. The lowest BCUT2D eigenvalue weighted by Crippen LogP contribution is -2.41. The Kier molecular flexibility index (Phi) is 3.65. The van der Waals surface area contributed by atoms with Gasteiger partial charge in [0.05, 0.1) is 5.69 Å². The molecule has 2 aromatic rings. The first-order chi connectivity index (χ1) is 9.27. The number of benzene rings is 1. The second-order valence-corrected chi connectivity index (χ2v) is 6.84. The molecule has 19 heavy (non-hydrogen) atoms. The predicted molar refractivity (Wildman–Crippen MR) is 83.9 cm³/mol. The van der Waals surface area contributed by atoms with Crippen LogP contribution >= 0.6 is 23.1 Å². The maximum atomic E-state index is 5.95. The second kappa shape index (κ2) is 5.27. The van der Waals surface area contributed by atoms with Crippen molar-refractivity contribution >= 4 is 23.1 Å². The van der Waals surface area contributed by atoms with Gasteiger partial charge in [-0.1, -0.05) is 18.6 Å². The molecular weight excluding hydrogens is 272 g/mol. The fraction of sp³-hybridized carbons (Fsp3) is 0.400. The van der Waals surface area contributed by atoms with Gasteiger partial charge in [0.15, 0.2) is 0 Å². The van der Waals surface area contributed by atoms with Gasteiger partial charge in [-0.2, -0.15) is 0 Å². The zero-order valence-electron chi connectivity index (χ0n) is 11.1. The molecule has 1 fully saturated rings. The van der Waals surface area contributed by atoms with E-state index in [1.54, 1.807) is 23.1 Å². The van der Waals surface area contributed by atoms with Crippen LogP contribution in [-0.4, -0.2) is 17.8 Å². The Labute approximate surface area is 122 Å². The fourth-order valence-electron chi connectivity index (χ4n) is 2.55. The van der Waals surface area contributed by atoms with Crippen molar-refractivity contribution in [3.05, 3.63) is 35.3 Å². The van der Waals surface area contributed by atoms with E-state index in [1.165, 1.54) is 35.4 Å². The Bertz CT molecular complexity index is 550. The quantitative estimate of drug-likeness (QED) is 0.868. The molecule has 0 amide bonds. The maximum Gasteiger partial charge on any atom is 0.123 e. The number of hydrogen-bond acceptors (Lipinski definition) is 4. The summed E-state index contributed by atoms with van der Waals surface area (Å²) in [5, 5.41) is 3.31. The van der Waals surface area contributed by atoms with Crippen LogP contribution < -0.4 is 5.73 Å². The molecule has 4 heteroatoms. The molecule has 3 rings (SSSR count). The Balaban J connectivity index is 1.88. The lowest BCUT2D eigenvalue weighted by molar-refractivity contribution is 0.247. The van der Waals surface area contributed by atoms with E-state index in [1.807, 2.05) is 0 Å². The maximum absolute atomic E-state index is 5.95. The minimum atomic E-state index is 0.175. The van der Waals surface area contributed by atoms with E-state index in [2.05, 4.69) is 35.9 Å². The Hall–Kier alpha value is -0.840. The van der Waals surface area contributed by atoms with Gasteiger partial charge in [0.2, 0.25) is 0 Å². The van der Waals surface area contributed by atoms with Crippen molar-refractivity contribution < 1.29 is 0 Å². The van der Waals surface area contributed by atoms with E-state index >= 15 is 0 Å². The molecular formula is C15H18N2S2. The zero-order chi connectivity index (χ0) is 13.3. The summed E-state index contributed by atoms with van der Waals surface area (Å²) in [5.74, 6) is 0. The number of nitrogens with two attached hydrogens (primary N) is 1. The van der Waals surface area contributed by atoms with E-state index in [-0.39, 0.29) is 5.41 Å². The molecule has 1 heterocycles. The van der Waals surface area contributed by atoms with Crippen LogP contribution in [0.1, 0.15) is 25.0 Å². The molecule has 1 aromatic carbocycles. The molecule has 0 radical (unpaired) electrons. The Morgan fingerprint density at radius 1 is 1.32 bits per heavy atom. The summed E-state index contributed by atoms with van der Waals surface area (Å²) in [6.07, 6.45) is 5.76. The summed E-state index contributed by atoms with van der Waals surface area (Å²) in [6.45, 7) is 0.724. The minimum absolute atomic E-state index is 0.175. The molecule has 0 aliphatic heterocycles. The molecule has 2 N–H and O–H groups in total. The molecule has 0 atom stereocenters. The molecule has 2 nitrogen and oxygen atoms in total. The topological polar surface area (TPSA) is 38.9 Å². The molecule has 100 valence electrons. The molecule has 0 bridgehead atoms. The zero-order valence-corrected chi connectivity index (χ0v) is 12.7. The van der Waals surface area contributed by atoms with Crippen LogP contribution in [0, 0.1) is 0 Å². The number of thioether (sulfide) groups is 1. The highest BCUT2D eigenvalue weighted by molar-refractivity contribution is 7.98. The van der Waals surface area contributed by atoms with Crippen molar-refractivity contribution in [2.45, 2.75) is 29.6 Å². The van der Waals surface area contributed by atoms with Crippen molar-refractivity contribution in [3.63, 3.8) is 0 Å². The van der Waals surface area contributed by atoms with E-state index in [0.717, 1.165) is 11.6 Å². The van der Waals surface area contributed by atoms with Crippen LogP contribution in [0.2, 0.25) is 0 Å². The van der Waals surface area contributed by atoms with Gasteiger partial charge in [-0.3, -0.25) is 0 Å². The molecule has 0 saturated heterocycles. The van der Waals surface area contributed by atoms with Gasteiger partial charge in [-0.15, -0.1) is 23.1 Å². The second-order valence-electron chi connectivity index (χ2n) is 5.10. The standard InChI is InChI=1S/C15H18N2S2/c1-18-12-5-3-11(4-6-12)14-17-13(9-19-14)15(10-16)7-2-8-15/h3-6,9H,2,7-8,10,16H2,1H3. The number of aromatic nitrogens is 1. The van der Waals surface area contributed by atoms with Crippen LogP contribution in [-0.2, 0) is 5.41 Å². The molecule has 1 aliphatic carbocycles. The van der Waals surface area contributed by atoms with Crippen LogP contribution in [0.25, 0.3) is 10.6 Å². The van der Waals surface area contributed by atoms with Crippen LogP contribution in [0.5, 0.6) is 0 Å². The van der Waals surface area contributed by atoms with Gasteiger partial charge >= 0.3 is 0 Å². The molecule has 1 saturated carbocycles. The van der Waals surface area contributed by atoms with Gasteiger partial charge in [0.25, 0.3) is 0 Å². The molecule has 1 aliphatic rings. The number of nitrogens with zero attached hydrogens (tertiary/aromatic N) is 1. The SMILES string of the molecule is CSc1ccc(-c2nc(C3(CN)CCC3)cs2)cc1. The van der Waals surface area contributed by atoms with Gasteiger partial charge in [-0.25, -0.2) is 4.98 Å². The average molecular weight is 290 g/mol. The van der Waals surface area contributed by atoms with Crippen molar-refractivity contribution in [2.75, 3.05) is 12.8 Å². The minimum Gasteiger partial charge on any atom is -0.330 e. The summed E-state index contributed by atoms with van der Waals surface area (Å²) in [6, 6.07) is 8.63. The highest BCUT2D eigenvalue weighted by atomic mass is 32.2. The monoisotopic (exact) mass is 290 g/mol. The van der Waals surface area contributed by atoms with Crippen molar-refractivity contribution in [1.82, 2.24) is 4.98 Å². The largest absolute Gasteiger partial charge is 0.330 e. The lowest BCUT2D eigenvalue weighted by Gasteiger charge is -2.39. The third kappa shape index (κ3) is 2.33. The van der Waals surface area contributed by atoms with Gasteiger partial charge in [0.1, 0.15) is 5.01 Å². The Morgan fingerprint density at radius 2 is 2.05 bits per heavy atom. The first kappa shape index (κ1) is 13.2. The molecule has 1 aromatic heterocycles. The number of rotatable bonds is 4. The summed E-state index contributed by atoms with van der Waals surface area (Å²) in [4.78, 5) is 6.12. The van der Waals surface area contributed by atoms with Crippen molar-refractivity contribution in [2.24, 2.45) is 5.73 Å². The predicted octanol–water partition coefficient (Wildman–Crippen LogP) is 3.91. The lowest BCUT2D eigenvalue weighted by atomic mass is 9.67. The van der Waals surface area contributed by atoms with Gasteiger partial charge in [0, 0.05) is 27.8 Å². The van der Waals surface area contributed by atoms with Crippen molar-refractivity contribution in [1.29, 1.82) is 0 Å². The summed E-state index contributed by atoms with van der Waals surface area (Å²) in [5.41, 5.74) is 8.54.